The quantitative estimate of drug-likeness (QED) is 0.635. The van der Waals surface area contributed by atoms with Crippen LogP contribution in [0.4, 0.5) is 10.1 Å². The van der Waals surface area contributed by atoms with Crippen molar-refractivity contribution in [1.29, 1.82) is 0 Å². The molecule has 2 saturated heterocycles. The first-order valence-electron chi connectivity index (χ1n) is 8.79. The second-order valence-electron chi connectivity index (χ2n) is 7.00. The van der Waals surface area contributed by atoms with E-state index in [1.165, 1.54) is 0 Å². The van der Waals surface area contributed by atoms with Crippen molar-refractivity contribution in [3.63, 3.8) is 0 Å². The minimum atomic E-state index is -0.239. The second kappa shape index (κ2) is 7.29. The minimum absolute atomic E-state index is 0.0364. The number of nitrogens with two attached hydrogens (primary N) is 2. The Morgan fingerprint density at radius 2 is 1.92 bits per heavy atom. The molecule has 0 unspecified atom stereocenters. The van der Waals surface area contributed by atoms with Crippen molar-refractivity contribution >= 4 is 17.6 Å². The van der Waals surface area contributed by atoms with Gasteiger partial charge >= 0.3 is 0 Å². The van der Waals surface area contributed by atoms with Crippen LogP contribution >= 0.6 is 0 Å². The molecule has 0 aromatic heterocycles. The molecule has 1 aromatic carbocycles. The lowest BCUT2D eigenvalue weighted by Crippen LogP contribution is -2.52. The molecule has 1 amide bonds. The number of rotatable bonds is 4. The maximum absolute atomic E-state index is 14.7. The number of hydrogen-bond acceptors (Lipinski definition) is 3. The summed E-state index contributed by atoms with van der Waals surface area (Å²) >= 11 is 0. The summed E-state index contributed by atoms with van der Waals surface area (Å²) in [6.45, 7) is 5.21. The third kappa shape index (κ3) is 3.86. The molecule has 0 radical (unpaired) electrons. The standard InChI is InChI=1S/C18H26FN5O/c1-12(25)23-7-5-13(6-8-23)15-10-24(11-15)16-4-2-3-14(17(16)19)9-22-18(20)21/h2-4,13,15H,5-11H2,1H3,(H4,20,21,22). The summed E-state index contributed by atoms with van der Waals surface area (Å²) in [5, 5.41) is 0. The molecule has 1 aromatic rings. The van der Waals surface area contributed by atoms with Crippen LogP contribution in [0.2, 0.25) is 0 Å². The lowest BCUT2D eigenvalue weighted by Gasteiger charge is -2.47. The summed E-state index contributed by atoms with van der Waals surface area (Å²) in [7, 11) is 0. The van der Waals surface area contributed by atoms with E-state index in [2.05, 4.69) is 9.89 Å². The van der Waals surface area contributed by atoms with E-state index in [0.29, 0.717) is 23.1 Å². The summed E-state index contributed by atoms with van der Waals surface area (Å²) < 4.78 is 14.7. The molecule has 2 fully saturated rings. The van der Waals surface area contributed by atoms with Gasteiger partial charge in [-0.1, -0.05) is 12.1 Å². The van der Waals surface area contributed by atoms with Gasteiger partial charge in [0.2, 0.25) is 5.91 Å². The summed E-state index contributed by atoms with van der Waals surface area (Å²) in [4.78, 5) is 19.3. The summed E-state index contributed by atoms with van der Waals surface area (Å²) in [6.07, 6.45) is 2.09. The Hall–Kier alpha value is -2.31. The minimum Gasteiger partial charge on any atom is -0.370 e. The van der Waals surface area contributed by atoms with Crippen molar-refractivity contribution in [3.05, 3.63) is 29.6 Å². The number of aliphatic imine (C=N–C) groups is 1. The zero-order valence-corrected chi connectivity index (χ0v) is 14.6. The number of piperidine rings is 1. The van der Waals surface area contributed by atoms with Crippen LogP contribution in [0.15, 0.2) is 23.2 Å². The van der Waals surface area contributed by atoms with Crippen molar-refractivity contribution in [1.82, 2.24) is 4.90 Å². The van der Waals surface area contributed by atoms with Crippen LogP contribution in [-0.4, -0.2) is 42.9 Å². The number of hydrogen-bond donors (Lipinski definition) is 2. The lowest BCUT2D eigenvalue weighted by molar-refractivity contribution is -0.130. The van der Waals surface area contributed by atoms with Crippen molar-refractivity contribution in [2.24, 2.45) is 28.3 Å². The molecule has 0 spiro atoms. The molecule has 2 aliphatic heterocycles. The number of likely N-dealkylation sites (tertiary alicyclic amines) is 1. The van der Waals surface area contributed by atoms with E-state index >= 15 is 0 Å². The van der Waals surface area contributed by atoms with E-state index in [9.17, 15) is 9.18 Å². The van der Waals surface area contributed by atoms with Gasteiger partial charge in [0.05, 0.1) is 12.2 Å². The maximum atomic E-state index is 14.7. The number of amides is 1. The summed E-state index contributed by atoms with van der Waals surface area (Å²) in [6, 6.07) is 5.36. The Kier molecular flexibility index (Phi) is 5.11. The molecule has 3 rings (SSSR count). The van der Waals surface area contributed by atoms with E-state index in [0.717, 1.165) is 39.0 Å². The average molecular weight is 347 g/mol. The van der Waals surface area contributed by atoms with Crippen LogP contribution < -0.4 is 16.4 Å². The van der Waals surface area contributed by atoms with E-state index in [4.69, 9.17) is 11.5 Å². The first-order chi connectivity index (χ1) is 12.0. The summed E-state index contributed by atoms with van der Waals surface area (Å²) in [5.74, 6) is 1.09. The van der Waals surface area contributed by atoms with Crippen LogP contribution in [0.25, 0.3) is 0 Å². The lowest BCUT2D eigenvalue weighted by atomic mass is 9.79. The maximum Gasteiger partial charge on any atom is 0.219 e. The first kappa shape index (κ1) is 17.5. The molecule has 0 atom stereocenters. The molecule has 2 heterocycles. The number of carbonyl (C=O) groups is 1. The van der Waals surface area contributed by atoms with E-state index in [1.807, 2.05) is 17.0 Å². The van der Waals surface area contributed by atoms with Gasteiger partial charge in [-0.05, 0) is 30.7 Å². The largest absolute Gasteiger partial charge is 0.370 e. The van der Waals surface area contributed by atoms with Crippen LogP contribution in [0.1, 0.15) is 25.3 Å². The Morgan fingerprint density at radius 1 is 1.24 bits per heavy atom. The molecule has 0 saturated carbocycles. The fourth-order valence-corrected chi connectivity index (χ4v) is 3.80. The molecule has 0 aliphatic carbocycles. The molecule has 4 N–H and O–H groups in total. The number of nitrogens with zero attached hydrogens (tertiary/aromatic N) is 3. The summed E-state index contributed by atoms with van der Waals surface area (Å²) in [5.41, 5.74) is 11.8. The first-order valence-corrected chi connectivity index (χ1v) is 8.79. The van der Waals surface area contributed by atoms with E-state index < -0.39 is 0 Å². The molecule has 136 valence electrons. The van der Waals surface area contributed by atoms with E-state index in [1.54, 1.807) is 13.0 Å². The van der Waals surface area contributed by atoms with Crippen LogP contribution in [-0.2, 0) is 11.3 Å². The number of carbonyl (C=O) groups excluding carboxylic acids is 1. The Balaban J connectivity index is 1.57. The van der Waals surface area contributed by atoms with Gasteiger partial charge in [-0.3, -0.25) is 4.79 Å². The number of halogens is 1. The monoisotopic (exact) mass is 347 g/mol. The fourth-order valence-electron chi connectivity index (χ4n) is 3.80. The van der Waals surface area contributed by atoms with E-state index in [-0.39, 0.29) is 24.2 Å². The Bertz CT molecular complexity index is 659. The third-order valence-corrected chi connectivity index (χ3v) is 5.39. The van der Waals surface area contributed by atoms with Gasteiger partial charge in [-0.15, -0.1) is 0 Å². The highest BCUT2D eigenvalue weighted by atomic mass is 19.1. The van der Waals surface area contributed by atoms with Crippen molar-refractivity contribution < 1.29 is 9.18 Å². The zero-order valence-electron chi connectivity index (χ0n) is 14.6. The number of benzene rings is 1. The molecule has 2 aliphatic rings. The van der Waals surface area contributed by atoms with Crippen molar-refractivity contribution in [2.75, 3.05) is 31.1 Å². The molecular formula is C18H26FN5O. The van der Waals surface area contributed by atoms with Gasteiger partial charge in [-0.25, -0.2) is 9.38 Å². The molecule has 7 heteroatoms. The van der Waals surface area contributed by atoms with Gasteiger partial charge in [-0.2, -0.15) is 0 Å². The Morgan fingerprint density at radius 3 is 2.52 bits per heavy atom. The molecule has 25 heavy (non-hydrogen) atoms. The van der Waals surface area contributed by atoms with Crippen molar-refractivity contribution in [2.45, 2.75) is 26.3 Å². The highest BCUT2D eigenvalue weighted by Crippen LogP contribution is 2.36. The average Bonchev–Trinajstić information content (AvgIpc) is 2.54. The van der Waals surface area contributed by atoms with Crippen LogP contribution in [0.5, 0.6) is 0 Å². The highest BCUT2D eigenvalue weighted by Gasteiger charge is 2.36. The zero-order chi connectivity index (χ0) is 18.0. The molecule has 0 bridgehead atoms. The van der Waals surface area contributed by atoms with Crippen LogP contribution in [0.3, 0.4) is 0 Å². The molecule has 6 nitrogen and oxygen atoms in total. The number of anilines is 1. The van der Waals surface area contributed by atoms with Crippen LogP contribution in [0, 0.1) is 17.7 Å². The van der Waals surface area contributed by atoms with Gasteiger partial charge in [0.25, 0.3) is 0 Å². The van der Waals surface area contributed by atoms with Gasteiger partial charge < -0.3 is 21.3 Å². The topological polar surface area (TPSA) is 88.0 Å². The van der Waals surface area contributed by atoms with Gasteiger partial charge in [0, 0.05) is 38.7 Å². The SMILES string of the molecule is CC(=O)N1CCC(C2CN(c3cccc(CN=C(N)N)c3F)C2)CC1. The third-order valence-electron chi connectivity index (χ3n) is 5.39. The predicted molar refractivity (Wildman–Crippen MR) is 96.6 cm³/mol. The second-order valence-corrected chi connectivity index (χ2v) is 7.00. The fraction of sp³-hybridized carbons (Fsp3) is 0.556. The highest BCUT2D eigenvalue weighted by molar-refractivity contribution is 5.75. The molecular weight excluding hydrogens is 321 g/mol. The van der Waals surface area contributed by atoms with Gasteiger partial charge in [0.1, 0.15) is 0 Å². The predicted octanol–water partition coefficient (Wildman–Crippen LogP) is 1.29. The van der Waals surface area contributed by atoms with Crippen molar-refractivity contribution in [3.8, 4) is 0 Å². The smallest absolute Gasteiger partial charge is 0.219 e. The number of guanidine groups is 1. The Labute approximate surface area is 147 Å². The normalized spacial score (nSPS) is 18.8. The van der Waals surface area contributed by atoms with Gasteiger partial charge in [0.15, 0.2) is 11.8 Å².